The molecule has 0 radical (unpaired) electrons. The summed E-state index contributed by atoms with van der Waals surface area (Å²) in [6, 6.07) is 3.60. The maximum Gasteiger partial charge on any atom is 0.315 e. The SMILES string of the molecule is CC1CC1c1ccc(C(CN)C(=O)O)o1. The molecule has 0 spiro atoms. The van der Waals surface area contributed by atoms with Crippen LogP contribution in [0.15, 0.2) is 16.5 Å². The van der Waals surface area contributed by atoms with Gasteiger partial charge in [0, 0.05) is 12.5 Å². The van der Waals surface area contributed by atoms with E-state index in [-0.39, 0.29) is 6.54 Å². The van der Waals surface area contributed by atoms with E-state index in [1.54, 1.807) is 6.07 Å². The Morgan fingerprint density at radius 3 is 2.87 bits per heavy atom. The molecule has 4 nitrogen and oxygen atoms in total. The van der Waals surface area contributed by atoms with Gasteiger partial charge in [0.25, 0.3) is 0 Å². The molecule has 1 aromatic rings. The number of carboxylic acid groups (broad SMARTS) is 1. The van der Waals surface area contributed by atoms with Gasteiger partial charge >= 0.3 is 5.97 Å². The quantitative estimate of drug-likeness (QED) is 0.788. The van der Waals surface area contributed by atoms with Gasteiger partial charge in [0.2, 0.25) is 0 Å². The van der Waals surface area contributed by atoms with Crippen LogP contribution in [0.1, 0.15) is 36.7 Å². The van der Waals surface area contributed by atoms with Gasteiger partial charge in [-0.05, 0) is 24.5 Å². The monoisotopic (exact) mass is 209 g/mol. The van der Waals surface area contributed by atoms with Gasteiger partial charge in [-0.25, -0.2) is 0 Å². The van der Waals surface area contributed by atoms with Crippen LogP contribution < -0.4 is 5.73 Å². The van der Waals surface area contributed by atoms with Crippen molar-refractivity contribution in [3.8, 4) is 0 Å². The van der Waals surface area contributed by atoms with Crippen LogP contribution in [0.3, 0.4) is 0 Å². The Morgan fingerprint density at radius 1 is 1.73 bits per heavy atom. The molecule has 3 atom stereocenters. The molecular weight excluding hydrogens is 194 g/mol. The summed E-state index contributed by atoms with van der Waals surface area (Å²) in [5.41, 5.74) is 5.39. The third-order valence-electron chi connectivity index (χ3n) is 3.00. The lowest BCUT2D eigenvalue weighted by atomic mass is 10.1. The van der Waals surface area contributed by atoms with Gasteiger partial charge in [0.15, 0.2) is 0 Å². The Labute approximate surface area is 88.1 Å². The van der Waals surface area contributed by atoms with E-state index < -0.39 is 11.9 Å². The van der Waals surface area contributed by atoms with Crippen LogP contribution in [-0.4, -0.2) is 17.6 Å². The predicted molar refractivity (Wildman–Crippen MR) is 54.7 cm³/mol. The third kappa shape index (κ3) is 1.90. The highest BCUT2D eigenvalue weighted by Gasteiger charge is 2.37. The van der Waals surface area contributed by atoms with Gasteiger partial charge in [-0.3, -0.25) is 4.79 Å². The highest BCUT2D eigenvalue weighted by molar-refractivity contribution is 5.75. The lowest BCUT2D eigenvalue weighted by Crippen LogP contribution is -2.20. The van der Waals surface area contributed by atoms with Crippen LogP contribution in [0.4, 0.5) is 0 Å². The molecule has 82 valence electrons. The summed E-state index contributed by atoms with van der Waals surface area (Å²) in [6.07, 6.45) is 1.13. The van der Waals surface area contributed by atoms with E-state index in [1.807, 2.05) is 6.07 Å². The summed E-state index contributed by atoms with van der Waals surface area (Å²) in [5.74, 6) is 0.863. The average molecular weight is 209 g/mol. The van der Waals surface area contributed by atoms with E-state index in [2.05, 4.69) is 6.92 Å². The molecule has 1 heterocycles. The van der Waals surface area contributed by atoms with Crippen molar-refractivity contribution >= 4 is 5.97 Å². The molecule has 0 bridgehead atoms. The van der Waals surface area contributed by atoms with Gasteiger partial charge in [0.05, 0.1) is 0 Å². The van der Waals surface area contributed by atoms with Crippen molar-refractivity contribution < 1.29 is 14.3 Å². The Morgan fingerprint density at radius 2 is 2.40 bits per heavy atom. The molecule has 15 heavy (non-hydrogen) atoms. The average Bonchev–Trinajstić information content (AvgIpc) is 2.74. The van der Waals surface area contributed by atoms with E-state index in [1.165, 1.54) is 0 Å². The largest absolute Gasteiger partial charge is 0.481 e. The molecule has 2 rings (SSSR count). The first kappa shape index (κ1) is 10.2. The molecule has 3 N–H and O–H groups in total. The van der Waals surface area contributed by atoms with Crippen molar-refractivity contribution in [2.45, 2.75) is 25.2 Å². The maximum absolute atomic E-state index is 10.9. The standard InChI is InChI=1S/C11H15NO3/c1-6-4-7(6)9-2-3-10(15-9)8(5-12)11(13)14/h2-3,6-8H,4-5,12H2,1H3,(H,13,14). The molecule has 1 aliphatic rings. The van der Waals surface area contributed by atoms with Crippen molar-refractivity contribution in [3.63, 3.8) is 0 Å². The second kappa shape index (κ2) is 3.70. The minimum absolute atomic E-state index is 0.0719. The predicted octanol–water partition coefficient (Wildman–Crippen LogP) is 1.53. The van der Waals surface area contributed by atoms with Crippen molar-refractivity contribution in [2.75, 3.05) is 6.54 Å². The molecule has 0 saturated heterocycles. The van der Waals surface area contributed by atoms with Crippen LogP contribution in [0.25, 0.3) is 0 Å². The van der Waals surface area contributed by atoms with Crippen LogP contribution in [0.2, 0.25) is 0 Å². The molecule has 0 amide bonds. The second-order valence-corrected chi connectivity index (χ2v) is 4.19. The van der Waals surface area contributed by atoms with Crippen LogP contribution >= 0.6 is 0 Å². The molecule has 1 saturated carbocycles. The summed E-state index contributed by atoms with van der Waals surface area (Å²) in [5, 5.41) is 8.90. The van der Waals surface area contributed by atoms with E-state index in [0.717, 1.165) is 12.2 Å². The Balaban J connectivity index is 2.15. The fourth-order valence-electron chi connectivity index (χ4n) is 1.81. The Bertz CT molecular complexity index is 372. The van der Waals surface area contributed by atoms with E-state index >= 15 is 0 Å². The Hall–Kier alpha value is -1.29. The number of rotatable bonds is 4. The fraction of sp³-hybridized carbons (Fsp3) is 0.545. The number of nitrogens with two attached hydrogens (primary N) is 1. The van der Waals surface area contributed by atoms with E-state index in [9.17, 15) is 4.79 Å². The fourth-order valence-corrected chi connectivity index (χ4v) is 1.81. The molecule has 1 fully saturated rings. The third-order valence-corrected chi connectivity index (χ3v) is 3.00. The van der Waals surface area contributed by atoms with Crippen LogP contribution in [0.5, 0.6) is 0 Å². The van der Waals surface area contributed by atoms with Gasteiger partial charge in [-0.2, -0.15) is 0 Å². The second-order valence-electron chi connectivity index (χ2n) is 4.19. The van der Waals surface area contributed by atoms with Gasteiger partial charge in [-0.15, -0.1) is 0 Å². The number of hydrogen-bond acceptors (Lipinski definition) is 3. The normalized spacial score (nSPS) is 26.3. The first-order valence-electron chi connectivity index (χ1n) is 5.16. The van der Waals surface area contributed by atoms with E-state index in [0.29, 0.717) is 17.6 Å². The first-order chi connectivity index (χ1) is 7.13. The Kier molecular flexibility index (Phi) is 2.52. The number of hydrogen-bond donors (Lipinski definition) is 2. The smallest absolute Gasteiger partial charge is 0.315 e. The molecule has 4 heteroatoms. The summed E-state index contributed by atoms with van der Waals surface area (Å²) >= 11 is 0. The van der Waals surface area contributed by atoms with Crippen LogP contribution in [-0.2, 0) is 4.79 Å². The summed E-state index contributed by atoms with van der Waals surface area (Å²) < 4.78 is 5.53. The summed E-state index contributed by atoms with van der Waals surface area (Å²) in [7, 11) is 0. The zero-order valence-electron chi connectivity index (χ0n) is 8.64. The highest BCUT2D eigenvalue weighted by Crippen LogP contribution is 2.47. The van der Waals surface area contributed by atoms with Crippen molar-refractivity contribution in [1.29, 1.82) is 0 Å². The van der Waals surface area contributed by atoms with Crippen molar-refractivity contribution in [3.05, 3.63) is 23.7 Å². The zero-order valence-corrected chi connectivity index (χ0v) is 8.64. The van der Waals surface area contributed by atoms with E-state index in [4.69, 9.17) is 15.3 Å². The minimum Gasteiger partial charge on any atom is -0.481 e. The molecule has 3 unspecified atom stereocenters. The topological polar surface area (TPSA) is 76.5 Å². The zero-order chi connectivity index (χ0) is 11.0. The first-order valence-corrected chi connectivity index (χ1v) is 5.16. The number of aliphatic carboxylic acids is 1. The van der Waals surface area contributed by atoms with Gasteiger partial charge in [0.1, 0.15) is 17.4 Å². The number of furan rings is 1. The summed E-state index contributed by atoms with van der Waals surface area (Å²) in [6.45, 7) is 2.23. The lowest BCUT2D eigenvalue weighted by molar-refractivity contribution is -0.138. The molecule has 1 aliphatic carbocycles. The highest BCUT2D eigenvalue weighted by atomic mass is 16.4. The van der Waals surface area contributed by atoms with Gasteiger partial charge < -0.3 is 15.3 Å². The molecule has 1 aromatic heterocycles. The molecule has 0 aliphatic heterocycles. The molecule has 0 aromatic carbocycles. The number of carbonyl (C=O) groups is 1. The van der Waals surface area contributed by atoms with Crippen molar-refractivity contribution in [2.24, 2.45) is 11.7 Å². The summed E-state index contributed by atoms with van der Waals surface area (Å²) in [4.78, 5) is 10.9. The minimum atomic E-state index is -0.928. The maximum atomic E-state index is 10.9. The molecular formula is C11H15NO3. The number of carboxylic acids is 1. The van der Waals surface area contributed by atoms with Crippen LogP contribution in [0, 0.1) is 5.92 Å². The lowest BCUT2D eigenvalue weighted by Gasteiger charge is -2.05. The van der Waals surface area contributed by atoms with Gasteiger partial charge in [-0.1, -0.05) is 6.92 Å². The van der Waals surface area contributed by atoms with Crippen molar-refractivity contribution in [1.82, 2.24) is 0 Å².